The first kappa shape index (κ1) is 18.9. The molecule has 9 heteroatoms. The number of aromatic hydroxyl groups is 1. The van der Waals surface area contributed by atoms with Crippen LogP contribution in [-0.4, -0.2) is 35.8 Å². The Labute approximate surface area is 167 Å². The van der Waals surface area contributed by atoms with Gasteiger partial charge in [0.05, 0.1) is 16.3 Å². The van der Waals surface area contributed by atoms with Crippen molar-refractivity contribution in [1.29, 1.82) is 0 Å². The summed E-state index contributed by atoms with van der Waals surface area (Å²) in [5, 5.41) is 20.0. The lowest BCUT2D eigenvalue weighted by Crippen LogP contribution is -2.27. The number of anilines is 1. The molecule has 1 unspecified atom stereocenters. The second-order valence-electron chi connectivity index (χ2n) is 6.69. The molecule has 1 atom stereocenters. The standard InChI is InChI=1S/C20H18N4O4S/c1-29(27,28)17-4-2-3-15(13-17)23-12-10-19(26)20(22-23)18-9-11-21-24(18)14-5-7-16(25)8-6-14/h2-8,10-13,18,25H,9H2,1H3. The summed E-state index contributed by atoms with van der Waals surface area (Å²) in [6.07, 6.45) is 4.85. The van der Waals surface area contributed by atoms with E-state index < -0.39 is 15.9 Å². The highest BCUT2D eigenvalue weighted by atomic mass is 32.2. The molecule has 4 rings (SSSR count). The second-order valence-corrected chi connectivity index (χ2v) is 8.71. The second kappa shape index (κ2) is 7.17. The first-order valence-corrected chi connectivity index (χ1v) is 10.7. The van der Waals surface area contributed by atoms with E-state index in [4.69, 9.17) is 0 Å². The minimum Gasteiger partial charge on any atom is -0.508 e. The van der Waals surface area contributed by atoms with E-state index >= 15 is 0 Å². The van der Waals surface area contributed by atoms with Gasteiger partial charge in [-0.05, 0) is 42.5 Å². The third-order valence-electron chi connectivity index (χ3n) is 4.61. The predicted octanol–water partition coefficient (Wildman–Crippen LogP) is 2.28. The molecule has 0 radical (unpaired) electrons. The third kappa shape index (κ3) is 3.77. The fourth-order valence-electron chi connectivity index (χ4n) is 3.15. The number of phenols is 1. The van der Waals surface area contributed by atoms with Gasteiger partial charge >= 0.3 is 0 Å². The zero-order chi connectivity index (χ0) is 20.6. The van der Waals surface area contributed by atoms with E-state index in [1.807, 2.05) is 0 Å². The lowest BCUT2D eigenvalue weighted by atomic mass is 10.1. The van der Waals surface area contributed by atoms with Crippen molar-refractivity contribution in [2.75, 3.05) is 11.3 Å². The van der Waals surface area contributed by atoms with Crippen molar-refractivity contribution in [3.8, 4) is 11.4 Å². The maximum atomic E-state index is 12.6. The van der Waals surface area contributed by atoms with Gasteiger partial charge in [0, 0.05) is 31.2 Å². The van der Waals surface area contributed by atoms with Gasteiger partial charge in [-0.25, -0.2) is 13.1 Å². The van der Waals surface area contributed by atoms with Crippen molar-refractivity contribution in [1.82, 2.24) is 9.78 Å². The average Bonchev–Trinajstić information content (AvgIpc) is 3.18. The zero-order valence-electron chi connectivity index (χ0n) is 15.5. The Morgan fingerprint density at radius 3 is 2.55 bits per heavy atom. The molecule has 1 aromatic heterocycles. The highest BCUT2D eigenvalue weighted by molar-refractivity contribution is 7.90. The van der Waals surface area contributed by atoms with Crippen LogP contribution < -0.4 is 10.4 Å². The molecule has 1 aliphatic rings. The van der Waals surface area contributed by atoms with Gasteiger partial charge in [-0.3, -0.25) is 9.80 Å². The van der Waals surface area contributed by atoms with Gasteiger partial charge in [-0.1, -0.05) is 6.07 Å². The average molecular weight is 410 g/mol. The van der Waals surface area contributed by atoms with Gasteiger partial charge in [0.25, 0.3) is 0 Å². The fraction of sp³-hybridized carbons (Fsp3) is 0.150. The number of hydrazone groups is 1. The molecule has 0 saturated heterocycles. The quantitative estimate of drug-likeness (QED) is 0.708. The molecule has 0 amide bonds. The van der Waals surface area contributed by atoms with Crippen LogP contribution in [0, 0.1) is 0 Å². The smallest absolute Gasteiger partial charge is 0.205 e. The molecule has 0 saturated carbocycles. The summed E-state index contributed by atoms with van der Waals surface area (Å²) in [5.74, 6) is 0.138. The lowest BCUT2D eigenvalue weighted by molar-refractivity contribution is 0.475. The maximum Gasteiger partial charge on any atom is 0.205 e. The van der Waals surface area contributed by atoms with Gasteiger partial charge in [0.15, 0.2) is 9.84 Å². The first-order valence-electron chi connectivity index (χ1n) is 8.84. The Balaban J connectivity index is 1.74. The Kier molecular flexibility index (Phi) is 4.67. The number of benzene rings is 2. The number of phenolic OH excluding ortho intramolecular Hbond substituents is 1. The Morgan fingerprint density at radius 1 is 1.07 bits per heavy atom. The van der Waals surface area contributed by atoms with Gasteiger partial charge in [0.1, 0.15) is 17.5 Å². The minimum atomic E-state index is -3.37. The molecule has 2 aromatic carbocycles. The van der Waals surface area contributed by atoms with Crippen LogP contribution in [0.25, 0.3) is 5.69 Å². The van der Waals surface area contributed by atoms with Gasteiger partial charge in [0.2, 0.25) is 5.43 Å². The van der Waals surface area contributed by atoms with E-state index in [1.54, 1.807) is 47.6 Å². The largest absolute Gasteiger partial charge is 0.508 e. The molecule has 3 aromatic rings. The summed E-state index contributed by atoms with van der Waals surface area (Å²) >= 11 is 0. The van der Waals surface area contributed by atoms with Crippen LogP contribution in [0.15, 0.2) is 75.6 Å². The Hall–Kier alpha value is -3.46. The summed E-state index contributed by atoms with van der Waals surface area (Å²) in [6.45, 7) is 0. The van der Waals surface area contributed by atoms with E-state index in [0.29, 0.717) is 17.8 Å². The van der Waals surface area contributed by atoms with Crippen LogP contribution in [0.5, 0.6) is 5.75 Å². The first-order chi connectivity index (χ1) is 13.8. The zero-order valence-corrected chi connectivity index (χ0v) is 16.3. The van der Waals surface area contributed by atoms with Crippen molar-refractivity contribution in [3.63, 3.8) is 0 Å². The van der Waals surface area contributed by atoms with Gasteiger partial charge < -0.3 is 5.11 Å². The van der Waals surface area contributed by atoms with E-state index in [9.17, 15) is 18.3 Å². The molecular formula is C20H18N4O4S. The number of aromatic nitrogens is 2. The molecular weight excluding hydrogens is 392 g/mol. The van der Waals surface area contributed by atoms with Crippen LogP contribution in [0.1, 0.15) is 18.2 Å². The van der Waals surface area contributed by atoms with Crippen molar-refractivity contribution in [3.05, 3.63) is 76.7 Å². The van der Waals surface area contributed by atoms with Crippen molar-refractivity contribution < 1.29 is 13.5 Å². The molecule has 1 aliphatic heterocycles. The number of hydrogen-bond acceptors (Lipinski definition) is 7. The topological polar surface area (TPSA) is 105 Å². The predicted molar refractivity (Wildman–Crippen MR) is 109 cm³/mol. The number of hydrogen-bond donors (Lipinski definition) is 1. The minimum absolute atomic E-state index is 0.138. The van der Waals surface area contributed by atoms with Crippen molar-refractivity contribution >= 4 is 21.7 Å². The summed E-state index contributed by atoms with van der Waals surface area (Å²) in [4.78, 5) is 12.7. The van der Waals surface area contributed by atoms with Crippen LogP contribution in [0.3, 0.4) is 0 Å². The Morgan fingerprint density at radius 2 is 1.83 bits per heavy atom. The van der Waals surface area contributed by atoms with Crippen LogP contribution in [0.4, 0.5) is 5.69 Å². The monoisotopic (exact) mass is 410 g/mol. The molecule has 1 N–H and O–H groups in total. The summed E-state index contributed by atoms with van der Waals surface area (Å²) in [7, 11) is -3.37. The van der Waals surface area contributed by atoms with Crippen LogP contribution in [-0.2, 0) is 9.84 Å². The SMILES string of the molecule is CS(=O)(=O)c1cccc(-n2ccc(=O)c(C3CC=NN3c3ccc(O)cc3)n2)c1. The highest BCUT2D eigenvalue weighted by Crippen LogP contribution is 2.31. The fourth-order valence-corrected chi connectivity index (χ4v) is 3.81. The van der Waals surface area contributed by atoms with Crippen LogP contribution >= 0.6 is 0 Å². The summed E-state index contributed by atoms with van der Waals surface area (Å²) < 4.78 is 25.2. The van der Waals surface area contributed by atoms with E-state index in [1.165, 1.54) is 29.1 Å². The highest BCUT2D eigenvalue weighted by Gasteiger charge is 2.28. The number of sulfone groups is 1. The van der Waals surface area contributed by atoms with E-state index in [0.717, 1.165) is 11.9 Å². The number of nitrogens with zero attached hydrogens (tertiary/aromatic N) is 4. The molecule has 29 heavy (non-hydrogen) atoms. The van der Waals surface area contributed by atoms with E-state index in [2.05, 4.69) is 10.2 Å². The normalized spacial score (nSPS) is 16.3. The molecule has 2 heterocycles. The summed E-state index contributed by atoms with van der Waals surface area (Å²) in [5.41, 5.74) is 1.31. The molecule has 0 aliphatic carbocycles. The van der Waals surface area contributed by atoms with Gasteiger partial charge in [-0.2, -0.15) is 10.2 Å². The Bertz CT molecular complexity index is 1250. The molecule has 148 valence electrons. The molecule has 0 spiro atoms. The third-order valence-corrected chi connectivity index (χ3v) is 5.72. The summed E-state index contributed by atoms with van der Waals surface area (Å²) in [6, 6.07) is 13.9. The molecule has 8 nitrogen and oxygen atoms in total. The maximum absolute atomic E-state index is 12.6. The molecule has 0 fully saturated rings. The lowest BCUT2D eigenvalue weighted by Gasteiger charge is -2.23. The van der Waals surface area contributed by atoms with Gasteiger partial charge in [-0.15, -0.1) is 0 Å². The van der Waals surface area contributed by atoms with Crippen LogP contribution in [0.2, 0.25) is 0 Å². The number of rotatable bonds is 4. The van der Waals surface area contributed by atoms with Crippen molar-refractivity contribution in [2.24, 2.45) is 5.10 Å². The van der Waals surface area contributed by atoms with E-state index in [-0.39, 0.29) is 16.1 Å². The molecule has 0 bridgehead atoms. The van der Waals surface area contributed by atoms with Crippen molar-refractivity contribution in [2.45, 2.75) is 17.4 Å².